The van der Waals surface area contributed by atoms with Crippen molar-refractivity contribution in [2.45, 2.75) is 76.3 Å². The minimum absolute atomic E-state index is 0.0820. The van der Waals surface area contributed by atoms with Crippen LogP contribution in [0.2, 0.25) is 0 Å². The molecule has 1 saturated carbocycles. The highest BCUT2D eigenvalue weighted by Gasteiger charge is 2.38. The van der Waals surface area contributed by atoms with Crippen molar-refractivity contribution >= 4 is 17.6 Å². The van der Waals surface area contributed by atoms with E-state index in [0.29, 0.717) is 67.5 Å². The van der Waals surface area contributed by atoms with Crippen molar-refractivity contribution < 1.29 is 14.4 Å². The first kappa shape index (κ1) is 23.5. The Morgan fingerprint density at radius 3 is 2.51 bits per heavy atom. The molecule has 2 aliphatic heterocycles. The number of hydrogen-bond donors (Lipinski definition) is 1. The van der Waals surface area contributed by atoms with Gasteiger partial charge in [0, 0.05) is 30.6 Å². The minimum Gasteiger partial charge on any atom is -0.329 e. The number of Topliss-reactive ketones (excluding diaryl/α,β-unsaturated/α-hetero) is 1. The number of amides is 2. The van der Waals surface area contributed by atoms with E-state index in [4.69, 9.17) is 0 Å². The minimum atomic E-state index is -0.442. The fraction of sp³-hybridized carbons (Fsp3) is 0.433. The molecule has 182 valence electrons. The van der Waals surface area contributed by atoms with E-state index in [-0.39, 0.29) is 11.8 Å². The molecule has 1 unspecified atom stereocenters. The van der Waals surface area contributed by atoms with Gasteiger partial charge in [-0.2, -0.15) is 0 Å². The van der Waals surface area contributed by atoms with Crippen LogP contribution < -0.4 is 5.32 Å². The first-order valence-corrected chi connectivity index (χ1v) is 13.0. The Kier molecular flexibility index (Phi) is 6.85. The van der Waals surface area contributed by atoms with Crippen LogP contribution in [0.25, 0.3) is 0 Å². The van der Waals surface area contributed by atoms with Crippen molar-refractivity contribution in [1.82, 2.24) is 10.2 Å². The Morgan fingerprint density at radius 2 is 1.77 bits per heavy atom. The lowest BCUT2D eigenvalue weighted by Gasteiger charge is -2.30. The number of carbonyl (C=O) groups excluding carboxylic acids is 3. The normalized spacial score (nSPS) is 24.3. The monoisotopic (exact) mass is 470 g/mol. The number of hydrogen-bond acceptors (Lipinski definition) is 3. The third-order valence-corrected chi connectivity index (χ3v) is 8.03. The van der Waals surface area contributed by atoms with Crippen molar-refractivity contribution in [3.63, 3.8) is 0 Å². The number of nitrogens with zero attached hydrogens (tertiary/aromatic N) is 1. The summed E-state index contributed by atoms with van der Waals surface area (Å²) < 4.78 is 0. The molecule has 5 nitrogen and oxygen atoms in total. The Hall–Kier alpha value is -3.21. The molecule has 2 aromatic carbocycles. The van der Waals surface area contributed by atoms with Gasteiger partial charge in [0.2, 0.25) is 5.91 Å². The Morgan fingerprint density at radius 1 is 1.00 bits per heavy atom. The fourth-order valence-corrected chi connectivity index (χ4v) is 6.00. The van der Waals surface area contributed by atoms with E-state index in [2.05, 4.69) is 42.2 Å². The van der Waals surface area contributed by atoms with Crippen molar-refractivity contribution in [2.24, 2.45) is 5.92 Å². The summed E-state index contributed by atoms with van der Waals surface area (Å²) in [5.41, 5.74) is 4.86. The standard InChI is InChI=1S/C30H34N2O3/c1-20-7-16-28(29(34)31-20)32-19-25-17-21(11-15-27(25)30(32)35)10-14-26(33)18-22-8-12-24(13-9-22)23-5-3-2-4-6-23/h2-6,11,15,17,22,24,28H,1,7-10,12-14,16,18-19H2,(H,31,34). The summed E-state index contributed by atoms with van der Waals surface area (Å²) in [7, 11) is 0. The van der Waals surface area contributed by atoms with Crippen LogP contribution in [0.1, 0.15) is 84.3 Å². The second kappa shape index (κ2) is 10.2. The number of carbonyl (C=O) groups is 3. The molecule has 2 amide bonds. The van der Waals surface area contributed by atoms with Crippen LogP contribution in [0, 0.1) is 5.92 Å². The van der Waals surface area contributed by atoms with Gasteiger partial charge in [-0.3, -0.25) is 14.4 Å². The zero-order chi connectivity index (χ0) is 24.4. The third-order valence-electron chi connectivity index (χ3n) is 8.03. The molecule has 1 N–H and O–H groups in total. The molecule has 1 atom stereocenters. The van der Waals surface area contributed by atoms with E-state index >= 15 is 0 Å². The zero-order valence-corrected chi connectivity index (χ0v) is 20.3. The van der Waals surface area contributed by atoms with E-state index < -0.39 is 6.04 Å². The summed E-state index contributed by atoms with van der Waals surface area (Å²) in [6, 6.07) is 16.2. The van der Waals surface area contributed by atoms with Gasteiger partial charge in [0.05, 0.1) is 0 Å². The number of rotatable bonds is 7. The molecule has 5 heteroatoms. The Labute approximate surface area is 207 Å². The Balaban J connectivity index is 1.11. The molecule has 5 rings (SSSR count). The van der Waals surface area contributed by atoms with E-state index in [9.17, 15) is 14.4 Å². The molecular weight excluding hydrogens is 436 g/mol. The van der Waals surface area contributed by atoms with Crippen LogP contribution >= 0.6 is 0 Å². The van der Waals surface area contributed by atoms with E-state index in [1.807, 2.05) is 18.2 Å². The molecule has 0 radical (unpaired) electrons. The average Bonchev–Trinajstić information content (AvgIpc) is 3.19. The molecule has 0 spiro atoms. The molecule has 1 saturated heterocycles. The highest BCUT2D eigenvalue weighted by Crippen LogP contribution is 2.37. The van der Waals surface area contributed by atoms with Gasteiger partial charge in [0.15, 0.2) is 0 Å². The second-order valence-corrected chi connectivity index (χ2v) is 10.4. The Bertz CT molecular complexity index is 1130. The molecule has 2 heterocycles. The van der Waals surface area contributed by atoms with Gasteiger partial charge in [0.25, 0.3) is 5.91 Å². The lowest BCUT2D eigenvalue weighted by molar-refractivity contribution is -0.126. The van der Waals surface area contributed by atoms with Gasteiger partial charge in [-0.05, 0) is 79.5 Å². The van der Waals surface area contributed by atoms with Crippen LogP contribution in [-0.4, -0.2) is 28.5 Å². The highest BCUT2D eigenvalue weighted by molar-refractivity contribution is 6.01. The maximum Gasteiger partial charge on any atom is 0.255 e. The number of allylic oxidation sites excluding steroid dienone is 1. The largest absolute Gasteiger partial charge is 0.329 e. The third kappa shape index (κ3) is 5.24. The summed E-state index contributed by atoms with van der Waals surface area (Å²) >= 11 is 0. The number of aryl methyl sites for hydroxylation is 1. The van der Waals surface area contributed by atoms with Gasteiger partial charge in [-0.25, -0.2) is 0 Å². The van der Waals surface area contributed by atoms with E-state index in [1.54, 1.807) is 4.90 Å². The summed E-state index contributed by atoms with van der Waals surface area (Å²) in [6.45, 7) is 4.27. The number of fused-ring (bicyclic) bond motifs is 1. The van der Waals surface area contributed by atoms with Crippen LogP contribution in [0.3, 0.4) is 0 Å². The zero-order valence-electron chi connectivity index (χ0n) is 20.3. The predicted octanol–water partition coefficient (Wildman–Crippen LogP) is 5.30. The van der Waals surface area contributed by atoms with Crippen LogP contribution in [-0.2, 0) is 22.6 Å². The highest BCUT2D eigenvalue weighted by atomic mass is 16.2. The molecule has 35 heavy (non-hydrogen) atoms. The van der Waals surface area contributed by atoms with Crippen LogP contribution in [0.15, 0.2) is 60.8 Å². The lowest BCUT2D eigenvalue weighted by Crippen LogP contribution is -2.49. The molecule has 2 fully saturated rings. The van der Waals surface area contributed by atoms with Crippen molar-refractivity contribution in [1.29, 1.82) is 0 Å². The second-order valence-electron chi connectivity index (χ2n) is 10.4. The molecule has 0 bridgehead atoms. The van der Waals surface area contributed by atoms with Crippen LogP contribution in [0.5, 0.6) is 0 Å². The maximum absolute atomic E-state index is 12.9. The molecule has 1 aliphatic carbocycles. The van der Waals surface area contributed by atoms with Gasteiger partial charge in [-0.15, -0.1) is 0 Å². The molecule has 0 aromatic heterocycles. The number of ketones is 1. The average molecular weight is 471 g/mol. The van der Waals surface area contributed by atoms with Crippen molar-refractivity contribution in [2.75, 3.05) is 0 Å². The SMILES string of the molecule is C=C1CCC(N2Cc3cc(CCC(=O)CC4CCC(c5ccccc5)CC4)ccc3C2=O)C(=O)N1. The number of benzene rings is 2. The van der Waals surface area contributed by atoms with Crippen LogP contribution in [0.4, 0.5) is 0 Å². The number of piperidine rings is 1. The van der Waals surface area contributed by atoms with Gasteiger partial charge >= 0.3 is 0 Å². The van der Waals surface area contributed by atoms with Crippen molar-refractivity contribution in [3.05, 3.63) is 83.1 Å². The quantitative estimate of drug-likeness (QED) is 0.597. The van der Waals surface area contributed by atoms with Gasteiger partial charge < -0.3 is 10.2 Å². The topological polar surface area (TPSA) is 66.5 Å². The summed E-state index contributed by atoms with van der Waals surface area (Å²) in [4.78, 5) is 39.7. The molecular formula is C30H34N2O3. The van der Waals surface area contributed by atoms with Gasteiger partial charge in [-0.1, -0.05) is 49.0 Å². The summed E-state index contributed by atoms with van der Waals surface area (Å²) in [6.07, 6.45) is 7.83. The first-order chi connectivity index (χ1) is 17.0. The molecule has 3 aliphatic rings. The van der Waals surface area contributed by atoms with E-state index in [0.717, 1.165) is 24.0 Å². The predicted molar refractivity (Wildman–Crippen MR) is 136 cm³/mol. The molecule has 2 aromatic rings. The van der Waals surface area contributed by atoms with Crippen molar-refractivity contribution in [3.8, 4) is 0 Å². The summed E-state index contributed by atoms with van der Waals surface area (Å²) in [5.74, 6) is 1.25. The van der Waals surface area contributed by atoms with Gasteiger partial charge in [0.1, 0.15) is 11.8 Å². The van der Waals surface area contributed by atoms with E-state index in [1.165, 1.54) is 18.4 Å². The fourth-order valence-electron chi connectivity index (χ4n) is 6.00. The first-order valence-electron chi connectivity index (χ1n) is 13.0. The summed E-state index contributed by atoms with van der Waals surface area (Å²) in [5, 5.41) is 2.78. The number of nitrogens with one attached hydrogen (secondary N) is 1. The lowest BCUT2D eigenvalue weighted by atomic mass is 9.77. The maximum atomic E-state index is 12.9. The smallest absolute Gasteiger partial charge is 0.255 e.